The third-order valence-corrected chi connectivity index (χ3v) is 4.36. The second-order valence-electron chi connectivity index (χ2n) is 5.62. The molecule has 0 radical (unpaired) electrons. The smallest absolute Gasteiger partial charge is 0.114 e. The highest BCUT2D eigenvalue weighted by Crippen LogP contribution is 2.28. The molecule has 1 aromatic heterocycles. The van der Waals surface area contributed by atoms with E-state index >= 15 is 0 Å². The van der Waals surface area contributed by atoms with Gasteiger partial charge in [0.15, 0.2) is 0 Å². The summed E-state index contributed by atoms with van der Waals surface area (Å²) in [6, 6.07) is 20.6. The first-order chi connectivity index (χ1) is 11.6. The van der Waals surface area contributed by atoms with Crippen LogP contribution in [0.3, 0.4) is 0 Å². The van der Waals surface area contributed by atoms with Crippen LogP contribution in [-0.4, -0.2) is 9.56 Å². The van der Waals surface area contributed by atoms with Crippen LogP contribution in [0.1, 0.15) is 16.8 Å². The van der Waals surface area contributed by atoms with Gasteiger partial charge in [-0.1, -0.05) is 60.7 Å². The number of para-hydroxylation sites is 1. The minimum atomic E-state index is 0.122. The normalized spacial score (nSPS) is 11.4. The molecule has 2 aromatic carbocycles. The second-order valence-corrected chi connectivity index (χ2v) is 6.06. The first kappa shape index (κ1) is 16.0. The fourth-order valence-electron chi connectivity index (χ4n) is 2.91. The maximum atomic E-state index is 9.27. The lowest BCUT2D eigenvalue weighted by molar-refractivity contribution is 0.804. The van der Waals surface area contributed by atoms with E-state index in [1.165, 1.54) is 5.56 Å². The van der Waals surface area contributed by atoms with Crippen LogP contribution < -0.4 is 5.73 Å². The van der Waals surface area contributed by atoms with Gasteiger partial charge in [-0.2, -0.15) is 5.26 Å². The highest BCUT2D eigenvalue weighted by Gasteiger charge is 2.13. The molecule has 3 nitrogen and oxygen atoms in total. The molecule has 0 spiro atoms. The van der Waals surface area contributed by atoms with Crippen molar-refractivity contribution in [3.05, 3.63) is 77.0 Å². The van der Waals surface area contributed by atoms with Gasteiger partial charge in [-0.15, -0.1) is 0 Å². The minimum absolute atomic E-state index is 0.122. The van der Waals surface area contributed by atoms with Gasteiger partial charge < -0.3 is 10.3 Å². The fourth-order valence-corrected chi connectivity index (χ4v) is 3.02. The van der Waals surface area contributed by atoms with Crippen LogP contribution in [-0.2, 0) is 6.54 Å². The van der Waals surface area contributed by atoms with Crippen molar-refractivity contribution in [3.8, 4) is 6.07 Å². The number of nitrogens with zero attached hydrogens (tertiary/aromatic N) is 2. The van der Waals surface area contributed by atoms with Crippen LogP contribution in [0, 0.1) is 18.3 Å². The van der Waals surface area contributed by atoms with Gasteiger partial charge in [-0.25, -0.2) is 0 Å². The second kappa shape index (κ2) is 6.69. The van der Waals surface area contributed by atoms with Gasteiger partial charge in [0.2, 0.25) is 0 Å². The number of aromatic nitrogens is 1. The molecule has 0 aliphatic rings. The fraction of sp³-hybridized carbons (Fsp3) is 0.100. The summed E-state index contributed by atoms with van der Waals surface area (Å²) < 4.78 is 2.26. The van der Waals surface area contributed by atoms with Crippen molar-refractivity contribution >= 4 is 34.2 Å². The Kier molecular flexibility index (Phi) is 4.45. The average Bonchev–Trinajstić information content (AvgIpc) is 2.85. The summed E-state index contributed by atoms with van der Waals surface area (Å²) in [7, 11) is 0. The van der Waals surface area contributed by atoms with Crippen LogP contribution in [0.4, 0.5) is 0 Å². The average molecular weight is 331 g/mol. The molecule has 0 fully saturated rings. The van der Waals surface area contributed by atoms with E-state index in [-0.39, 0.29) is 4.99 Å². The van der Waals surface area contributed by atoms with Crippen molar-refractivity contribution in [3.63, 3.8) is 0 Å². The number of nitrogens with two attached hydrogens (primary N) is 1. The third kappa shape index (κ3) is 2.94. The Morgan fingerprint density at radius 3 is 2.50 bits per heavy atom. The molecule has 3 rings (SSSR count). The van der Waals surface area contributed by atoms with E-state index < -0.39 is 0 Å². The van der Waals surface area contributed by atoms with Crippen LogP contribution >= 0.6 is 12.2 Å². The molecule has 0 bridgehead atoms. The Balaban J connectivity index is 2.20. The lowest BCUT2D eigenvalue weighted by atomic mass is 10.1. The first-order valence-corrected chi connectivity index (χ1v) is 8.06. The standard InChI is InChI=1S/C20H17N3S/c1-14-18(11-16(12-21)20(22)24)17-9-5-6-10-19(17)23(14)13-15-7-3-2-4-8-15/h2-11H,13H2,1H3,(H2,22,24). The van der Waals surface area contributed by atoms with Crippen molar-refractivity contribution in [2.24, 2.45) is 5.73 Å². The van der Waals surface area contributed by atoms with Crippen molar-refractivity contribution in [2.45, 2.75) is 13.5 Å². The zero-order valence-corrected chi connectivity index (χ0v) is 14.2. The van der Waals surface area contributed by atoms with E-state index in [9.17, 15) is 5.26 Å². The summed E-state index contributed by atoms with van der Waals surface area (Å²) >= 11 is 4.97. The molecule has 0 amide bonds. The Hall–Kier alpha value is -2.90. The van der Waals surface area contributed by atoms with Crippen molar-refractivity contribution < 1.29 is 0 Å². The van der Waals surface area contributed by atoms with Gasteiger partial charge in [-0.05, 0) is 24.6 Å². The molecular formula is C20H17N3S. The quantitative estimate of drug-likeness (QED) is 0.443. The number of fused-ring (bicyclic) bond motifs is 1. The van der Waals surface area contributed by atoms with Crippen LogP contribution in [0.25, 0.3) is 17.0 Å². The SMILES string of the molecule is Cc1c(C=C(C#N)C(N)=S)c2ccccc2n1Cc1ccccc1. The molecule has 1 heterocycles. The largest absolute Gasteiger partial charge is 0.389 e. The molecule has 3 aromatic rings. The van der Waals surface area contributed by atoms with Crippen LogP contribution in [0.5, 0.6) is 0 Å². The number of nitriles is 1. The lowest BCUT2D eigenvalue weighted by Crippen LogP contribution is -2.09. The predicted molar refractivity (Wildman–Crippen MR) is 103 cm³/mol. The van der Waals surface area contributed by atoms with Crippen LogP contribution in [0.15, 0.2) is 60.2 Å². The summed E-state index contributed by atoms with van der Waals surface area (Å²) in [5.74, 6) is 0. The molecule has 0 aliphatic carbocycles. The molecule has 0 atom stereocenters. The van der Waals surface area contributed by atoms with E-state index in [4.69, 9.17) is 18.0 Å². The Bertz CT molecular complexity index is 975. The molecule has 4 heteroatoms. The van der Waals surface area contributed by atoms with Gasteiger partial charge in [0.1, 0.15) is 11.1 Å². The van der Waals surface area contributed by atoms with Gasteiger partial charge >= 0.3 is 0 Å². The molecule has 0 unspecified atom stereocenters. The van der Waals surface area contributed by atoms with E-state index in [2.05, 4.69) is 41.8 Å². The van der Waals surface area contributed by atoms with Gasteiger partial charge in [-0.3, -0.25) is 0 Å². The number of benzene rings is 2. The van der Waals surface area contributed by atoms with E-state index in [0.29, 0.717) is 5.57 Å². The van der Waals surface area contributed by atoms with Crippen LogP contribution in [0.2, 0.25) is 0 Å². The zero-order chi connectivity index (χ0) is 17.1. The minimum Gasteiger partial charge on any atom is -0.389 e. The topological polar surface area (TPSA) is 54.7 Å². The monoisotopic (exact) mass is 331 g/mol. The van der Waals surface area contributed by atoms with Crippen molar-refractivity contribution in [2.75, 3.05) is 0 Å². The van der Waals surface area contributed by atoms with E-state index in [1.54, 1.807) is 6.08 Å². The molecule has 0 saturated carbocycles. The maximum Gasteiger partial charge on any atom is 0.114 e. The van der Waals surface area contributed by atoms with Gasteiger partial charge in [0, 0.05) is 28.7 Å². The summed E-state index contributed by atoms with van der Waals surface area (Å²) in [4.78, 5) is 0.122. The molecular weight excluding hydrogens is 314 g/mol. The predicted octanol–water partition coefficient (Wildman–Crippen LogP) is 4.19. The maximum absolute atomic E-state index is 9.27. The lowest BCUT2D eigenvalue weighted by Gasteiger charge is -2.08. The Labute approximate surface area is 146 Å². The van der Waals surface area contributed by atoms with E-state index in [0.717, 1.165) is 28.7 Å². The zero-order valence-electron chi connectivity index (χ0n) is 13.4. The summed E-state index contributed by atoms with van der Waals surface area (Å²) in [5.41, 5.74) is 10.4. The summed E-state index contributed by atoms with van der Waals surface area (Å²) in [6.45, 7) is 2.83. The highest BCUT2D eigenvalue weighted by molar-refractivity contribution is 7.80. The van der Waals surface area contributed by atoms with Gasteiger partial charge in [0.05, 0.1) is 5.57 Å². The number of hydrogen-bond acceptors (Lipinski definition) is 2. The molecule has 0 aliphatic heterocycles. The first-order valence-electron chi connectivity index (χ1n) is 7.65. The highest BCUT2D eigenvalue weighted by atomic mass is 32.1. The Morgan fingerprint density at radius 2 is 1.83 bits per heavy atom. The molecule has 24 heavy (non-hydrogen) atoms. The van der Waals surface area contributed by atoms with Crippen molar-refractivity contribution in [1.29, 1.82) is 5.26 Å². The molecule has 2 N–H and O–H groups in total. The number of hydrogen-bond donors (Lipinski definition) is 1. The van der Waals surface area contributed by atoms with Gasteiger partial charge in [0.25, 0.3) is 0 Å². The molecule has 0 saturated heterocycles. The third-order valence-electron chi connectivity index (χ3n) is 4.14. The number of rotatable bonds is 4. The van der Waals surface area contributed by atoms with E-state index in [1.807, 2.05) is 30.3 Å². The molecule has 118 valence electrons. The summed E-state index contributed by atoms with van der Waals surface area (Å²) in [5, 5.41) is 10.4. The van der Waals surface area contributed by atoms with Crippen molar-refractivity contribution in [1.82, 2.24) is 4.57 Å². The number of thiocarbonyl (C=S) groups is 1. The summed E-state index contributed by atoms with van der Waals surface area (Å²) in [6.07, 6.45) is 1.79. The Morgan fingerprint density at radius 1 is 1.17 bits per heavy atom.